The average Bonchev–Trinajstić information content (AvgIpc) is 3.19. The van der Waals surface area contributed by atoms with E-state index in [9.17, 15) is 0 Å². The molecule has 1 saturated heterocycles. The fourth-order valence-electron chi connectivity index (χ4n) is 3.70. The van der Waals surface area contributed by atoms with Gasteiger partial charge in [-0.05, 0) is 37.9 Å². The Morgan fingerprint density at radius 2 is 2.33 bits per heavy atom. The lowest BCUT2D eigenvalue weighted by molar-refractivity contribution is 0.378. The quantitative estimate of drug-likeness (QED) is 0.939. The number of hydrogen-bond donors (Lipinski definition) is 1. The van der Waals surface area contributed by atoms with Gasteiger partial charge in [0.1, 0.15) is 0 Å². The van der Waals surface area contributed by atoms with E-state index in [2.05, 4.69) is 45.0 Å². The normalized spacial score (nSPS) is 21.5. The molecule has 21 heavy (non-hydrogen) atoms. The van der Waals surface area contributed by atoms with E-state index in [4.69, 9.17) is 0 Å². The van der Waals surface area contributed by atoms with E-state index in [-0.39, 0.29) is 0 Å². The van der Waals surface area contributed by atoms with Crippen LogP contribution in [0.15, 0.2) is 30.7 Å². The van der Waals surface area contributed by atoms with Crippen molar-refractivity contribution in [3.05, 3.63) is 36.3 Å². The first-order chi connectivity index (χ1) is 10.3. The first-order valence-electron chi connectivity index (χ1n) is 7.86. The van der Waals surface area contributed by atoms with E-state index in [0.717, 1.165) is 25.4 Å². The van der Waals surface area contributed by atoms with Gasteiger partial charge < -0.3 is 14.8 Å². The lowest BCUT2D eigenvalue weighted by Crippen LogP contribution is -2.17. The number of imidazole rings is 1. The molecule has 4 rings (SSSR count). The molecule has 0 radical (unpaired) electrons. The molecular formula is C17H22N4. The largest absolute Gasteiger partial charge is 0.384 e. The van der Waals surface area contributed by atoms with Crippen molar-refractivity contribution in [3.63, 3.8) is 0 Å². The van der Waals surface area contributed by atoms with Crippen LogP contribution in [0.2, 0.25) is 0 Å². The Bertz CT molecular complexity index is 646. The molecule has 4 nitrogen and oxygen atoms in total. The second kappa shape index (κ2) is 5.19. The molecule has 0 aliphatic carbocycles. The summed E-state index contributed by atoms with van der Waals surface area (Å²) in [6.45, 7) is 4.54. The number of para-hydroxylation sites is 1. The van der Waals surface area contributed by atoms with Crippen LogP contribution in [0.5, 0.6) is 0 Å². The maximum Gasteiger partial charge on any atom is 0.0951 e. The molecule has 1 atom stereocenters. The Morgan fingerprint density at radius 3 is 3.19 bits per heavy atom. The van der Waals surface area contributed by atoms with Gasteiger partial charge in [0.2, 0.25) is 0 Å². The maximum atomic E-state index is 4.41. The van der Waals surface area contributed by atoms with Crippen LogP contribution in [0.25, 0.3) is 11.3 Å². The minimum Gasteiger partial charge on any atom is -0.384 e. The summed E-state index contributed by atoms with van der Waals surface area (Å²) >= 11 is 0. The number of nitrogens with zero attached hydrogens (tertiary/aromatic N) is 3. The van der Waals surface area contributed by atoms with Crippen LogP contribution in [0, 0.1) is 5.92 Å². The number of fused-ring (bicyclic) bond motifs is 1. The van der Waals surface area contributed by atoms with Gasteiger partial charge in [0.25, 0.3) is 0 Å². The second-order valence-electron chi connectivity index (χ2n) is 6.36. The first-order valence-corrected chi connectivity index (χ1v) is 7.86. The van der Waals surface area contributed by atoms with Crippen molar-refractivity contribution in [1.29, 1.82) is 0 Å². The van der Waals surface area contributed by atoms with Crippen molar-refractivity contribution in [2.24, 2.45) is 5.92 Å². The summed E-state index contributed by atoms with van der Waals surface area (Å²) in [6.07, 6.45) is 6.42. The Morgan fingerprint density at radius 1 is 1.38 bits per heavy atom. The molecule has 1 unspecified atom stereocenters. The molecule has 0 bridgehead atoms. The summed E-state index contributed by atoms with van der Waals surface area (Å²) < 4.78 is 2.33. The van der Waals surface area contributed by atoms with Gasteiger partial charge in [-0.1, -0.05) is 18.2 Å². The van der Waals surface area contributed by atoms with Crippen molar-refractivity contribution in [1.82, 2.24) is 14.5 Å². The summed E-state index contributed by atoms with van der Waals surface area (Å²) in [4.78, 5) is 6.83. The zero-order valence-electron chi connectivity index (χ0n) is 12.5. The van der Waals surface area contributed by atoms with Gasteiger partial charge in [-0.3, -0.25) is 0 Å². The first kappa shape index (κ1) is 12.9. The summed E-state index contributed by atoms with van der Waals surface area (Å²) in [5.74, 6) is 0.743. The minimum absolute atomic E-state index is 0.743. The summed E-state index contributed by atoms with van der Waals surface area (Å²) in [5, 5.41) is 3.54. The summed E-state index contributed by atoms with van der Waals surface area (Å²) in [5.41, 5.74) is 5.29. The van der Waals surface area contributed by atoms with Crippen LogP contribution < -0.4 is 5.32 Å². The number of anilines is 1. The number of rotatable bonds is 3. The van der Waals surface area contributed by atoms with Crippen LogP contribution in [-0.4, -0.2) is 41.1 Å². The number of nitrogens with one attached hydrogen (secondary N) is 1. The monoisotopic (exact) mass is 282 g/mol. The zero-order chi connectivity index (χ0) is 14.2. The number of likely N-dealkylation sites (tertiary alicyclic amines) is 1. The van der Waals surface area contributed by atoms with Gasteiger partial charge in [0.05, 0.1) is 18.2 Å². The third-order valence-electron chi connectivity index (χ3n) is 4.78. The van der Waals surface area contributed by atoms with Crippen LogP contribution in [0.4, 0.5) is 5.69 Å². The molecule has 0 amide bonds. The number of benzene rings is 1. The zero-order valence-corrected chi connectivity index (χ0v) is 12.5. The lowest BCUT2D eigenvalue weighted by Gasteiger charge is -2.15. The maximum absolute atomic E-state index is 4.41. The Kier molecular flexibility index (Phi) is 3.19. The highest BCUT2D eigenvalue weighted by Crippen LogP contribution is 2.34. The molecule has 3 heterocycles. The van der Waals surface area contributed by atoms with Crippen LogP contribution in [0.3, 0.4) is 0 Å². The third kappa shape index (κ3) is 2.33. The van der Waals surface area contributed by atoms with Gasteiger partial charge in [-0.15, -0.1) is 0 Å². The molecule has 0 saturated carbocycles. The molecule has 110 valence electrons. The third-order valence-corrected chi connectivity index (χ3v) is 4.78. The van der Waals surface area contributed by atoms with E-state index < -0.39 is 0 Å². The minimum atomic E-state index is 0.743. The van der Waals surface area contributed by atoms with Gasteiger partial charge in [-0.2, -0.15) is 0 Å². The van der Waals surface area contributed by atoms with Crippen molar-refractivity contribution >= 4 is 5.69 Å². The molecule has 0 spiro atoms. The topological polar surface area (TPSA) is 33.1 Å². The highest BCUT2D eigenvalue weighted by Gasteiger charge is 2.22. The molecule has 1 N–H and O–H groups in total. The molecule has 1 aromatic carbocycles. The summed E-state index contributed by atoms with van der Waals surface area (Å²) in [7, 11) is 2.21. The van der Waals surface area contributed by atoms with Crippen molar-refractivity contribution in [2.45, 2.75) is 19.4 Å². The molecule has 4 heteroatoms. The number of hydrogen-bond acceptors (Lipinski definition) is 3. The smallest absolute Gasteiger partial charge is 0.0951 e. The molecule has 1 aromatic heterocycles. The predicted octanol–water partition coefficient (Wildman–Crippen LogP) is 2.47. The van der Waals surface area contributed by atoms with Gasteiger partial charge in [-0.25, -0.2) is 4.98 Å². The Labute approximate surface area is 125 Å². The van der Waals surface area contributed by atoms with Crippen molar-refractivity contribution in [2.75, 3.05) is 32.0 Å². The van der Waals surface area contributed by atoms with Crippen molar-refractivity contribution < 1.29 is 0 Å². The molecular weight excluding hydrogens is 260 g/mol. The van der Waals surface area contributed by atoms with Crippen LogP contribution in [-0.2, 0) is 13.0 Å². The van der Waals surface area contributed by atoms with E-state index in [0.29, 0.717) is 0 Å². The second-order valence-corrected chi connectivity index (χ2v) is 6.36. The molecule has 2 aliphatic rings. The molecule has 2 aromatic rings. The van der Waals surface area contributed by atoms with Crippen molar-refractivity contribution in [3.8, 4) is 11.3 Å². The average molecular weight is 282 g/mol. The van der Waals surface area contributed by atoms with E-state index in [1.54, 1.807) is 0 Å². The Balaban J connectivity index is 1.65. The fraction of sp³-hybridized carbons (Fsp3) is 0.471. The molecule has 1 fully saturated rings. The van der Waals surface area contributed by atoms with Gasteiger partial charge in [0.15, 0.2) is 0 Å². The Hall–Kier alpha value is -1.81. The highest BCUT2D eigenvalue weighted by molar-refractivity contribution is 5.79. The van der Waals surface area contributed by atoms with Crippen LogP contribution in [0.1, 0.15) is 12.0 Å². The lowest BCUT2D eigenvalue weighted by atomic mass is 10.0. The van der Waals surface area contributed by atoms with Gasteiger partial charge in [0, 0.05) is 30.9 Å². The van der Waals surface area contributed by atoms with Crippen LogP contribution >= 0.6 is 0 Å². The molecule has 2 aliphatic heterocycles. The summed E-state index contributed by atoms with van der Waals surface area (Å²) in [6, 6.07) is 6.61. The standard InChI is InChI=1S/C17H22N4/c1-20-8-6-13(10-20)11-21-12-18-9-16(21)15-4-2-3-14-5-7-19-17(14)15/h2-4,9,12-13,19H,5-8,10-11H2,1H3. The van der Waals surface area contributed by atoms with E-state index in [1.807, 2.05) is 12.5 Å². The van der Waals surface area contributed by atoms with E-state index >= 15 is 0 Å². The predicted molar refractivity (Wildman–Crippen MR) is 85.5 cm³/mol. The highest BCUT2D eigenvalue weighted by atomic mass is 15.1. The number of aromatic nitrogens is 2. The van der Waals surface area contributed by atoms with E-state index in [1.165, 1.54) is 42.0 Å². The SMILES string of the molecule is CN1CCC(Cn2cncc2-c2cccc3c2NCC3)C1. The fourth-order valence-corrected chi connectivity index (χ4v) is 3.70. The van der Waals surface area contributed by atoms with Gasteiger partial charge >= 0.3 is 0 Å².